The van der Waals surface area contributed by atoms with Gasteiger partial charge >= 0.3 is 11.9 Å². The van der Waals surface area contributed by atoms with Crippen LogP contribution >= 0.6 is 0 Å². The van der Waals surface area contributed by atoms with Gasteiger partial charge in [-0.3, -0.25) is 14.6 Å². The molecule has 0 bridgehead atoms. The molecule has 2 aliphatic rings. The lowest BCUT2D eigenvalue weighted by molar-refractivity contribution is -0.143. The van der Waals surface area contributed by atoms with Gasteiger partial charge in [-0.1, -0.05) is 36.4 Å². The van der Waals surface area contributed by atoms with E-state index in [1.807, 2.05) is 12.1 Å². The third-order valence-corrected chi connectivity index (χ3v) is 6.11. The van der Waals surface area contributed by atoms with Gasteiger partial charge in [0.1, 0.15) is 17.4 Å². The molecule has 2 atom stereocenters. The Labute approximate surface area is 189 Å². The summed E-state index contributed by atoms with van der Waals surface area (Å²) in [7, 11) is 1.30. The van der Waals surface area contributed by atoms with Crippen LogP contribution in [0, 0.1) is 5.92 Å². The minimum atomic E-state index is -1.02. The van der Waals surface area contributed by atoms with Crippen LogP contribution in [0.5, 0.6) is 0 Å². The molecular weight excluding hydrogens is 422 g/mol. The monoisotopic (exact) mass is 441 g/mol. The number of carboxylic acid groups (broad SMARTS) is 1. The van der Waals surface area contributed by atoms with E-state index in [2.05, 4.69) is 4.99 Å². The fraction of sp³-hybridized carbons (Fsp3) is 0.154. The van der Waals surface area contributed by atoms with Gasteiger partial charge in [0.05, 0.1) is 24.3 Å². The SMILES string of the molecule is COC(=O)C1C(C)=NC2=C(C(=O)c3ccccc32)[C@H]1c1ccc(-c2ccc(C(=O)O)cc2)o1. The molecule has 1 N–H and O–H groups in total. The summed E-state index contributed by atoms with van der Waals surface area (Å²) in [5.74, 6) is -2.27. The summed E-state index contributed by atoms with van der Waals surface area (Å²) >= 11 is 0. The second-order valence-corrected chi connectivity index (χ2v) is 7.95. The van der Waals surface area contributed by atoms with E-state index in [4.69, 9.17) is 14.3 Å². The molecule has 1 unspecified atom stereocenters. The van der Waals surface area contributed by atoms with E-state index in [1.165, 1.54) is 19.2 Å². The van der Waals surface area contributed by atoms with Gasteiger partial charge in [0.15, 0.2) is 5.78 Å². The number of benzene rings is 2. The molecule has 0 spiro atoms. The summed E-state index contributed by atoms with van der Waals surface area (Å²) in [5.41, 5.74) is 3.64. The highest BCUT2D eigenvalue weighted by molar-refractivity contribution is 6.24. The minimum Gasteiger partial charge on any atom is -0.478 e. The van der Waals surface area contributed by atoms with Crippen LogP contribution in [-0.2, 0) is 9.53 Å². The highest BCUT2D eigenvalue weighted by Crippen LogP contribution is 2.48. The fourth-order valence-electron chi connectivity index (χ4n) is 4.54. The van der Waals surface area contributed by atoms with E-state index in [-0.39, 0.29) is 11.3 Å². The average Bonchev–Trinajstić information content (AvgIpc) is 3.42. The van der Waals surface area contributed by atoms with E-state index in [0.717, 1.165) is 5.56 Å². The number of aliphatic imine (C=N–C) groups is 1. The Bertz CT molecular complexity index is 1380. The molecule has 5 rings (SSSR count). The molecule has 0 radical (unpaired) electrons. The van der Waals surface area contributed by atoms with Gasteiger partial charge in [-0.05, 0) is 31.2 Å². The van der Waals surface area contributed by atoms with Crippen LogP contribution in [0.2, 0.25) is 0 Å². The second-order valence-electron chi connectivity index (χ2n) is 7.95. The number of furan rings is 1. The molecule has 0 saturated heterocycles. The number of hydrogen-bond donors (Lipinski definition) is 1. The Balaban J connectivity index is 1.62. The number of nitrogens with zero attached hydrogens (tertiary/aromatic N) is 1. The van der Waals surface area contributed by atoms with Crippen molar-refractivity contribution in [2.75, 3.05) is 7.11 Å². The predicted molar refractivity (Wildman–Crippen MR) is 120 cm³/mol. The zero-order valence-electron chi connectivity index (χ0n) is 17.9. The van der Waals surface area contributed by atoms with Crippen molar-refractivity contribution < 1.29 is 28.6 Å². The number of methoxy groups -OCH3 is 1. The van der Waals surface area contributed by atoms with E-state index in [0.29, 0.717) is 39.6 Å². The van der Waals surface area contributed by atoms with E-state index >= 15 is 0 Å². The first-order chi connectivity index (χ1) is 15.9. The van der Waals surface area contributed by atoms with Crippen molar-refractivity contribution in [3.8, 4) is 11.3 Å². The van der Waals surface area contributed by atoms with Crippen molar-refractivity contribution >= 4 is 29.1 Å². The van der Waals surface area contributed by atoms with Crippen molar-refractivity contribution in [1.29, 1.82) is 0 Å². The molecule has 0 amide bonds. The van der Waals surface area contributed by atoms with E-state index in [9.17, 15) is 14.4 Å². The van der Waals surface area contributed by atoms with Crippen LogP contribution in [0.3, 0.4) is 0 Å². The first-order valence-electron chi connectivity index (χ1n) is 10.4. The molecular formula is C26H19NO6. The molecule has 1 aliphatic heterocycles. The van der Waals surface area contributed by atoms with E-state index in [1.54, 1.807) is 43.3 Å². The summed E-state index contributed by atoms with van der Waals surface area (Å²) in [5, 5.41) is 9.12. The highest BCUT2D eigenvalue weighted by atomic mass is 16.5. The summed E-state index contributed by atoms with van der Waals surface area (Å²) in [6, 6.07) is 17.0. The number of allylic oxidation sites excluding steroid dienone is 1. The van der Waals surface area contributed by atoms with Gasteiger partial charge in [0, 0.05) is 28.0 Å². The Hall–Kier alpha value is -4.26. The van der Waals surface area contributed by atoms with Crippen molar-refractivity contribution in [2.24, 2.45) is 10.9 Å². The zero-order valence-corrected chi connectivity index (χ0v) is 17.9. The zero-order chi connectivity index (χ0) is 23.3. The number of carboxylic acids is 1. The number of esters is 1. The molecule has 0 saturated carbocycles. The molecule has 1 aromatic heterocycles. The van der Waals surface area contributed by atoms with Gasteiger partial charge in [0.2, 0.25) is 0 Å². The predicted octanol–water partition coefficient (Wildman–Crippen LogP) is 4.60. The molecule has 3 aromatic rings. The number of fused-ring (bicyclic) bond motifs is 2. The van der Waals surface area contributed by atoms with Crippen molar-refractivity contribution in [3.05, 3.63) is 88.7 Å². The average molecular weight is 441 g/mol. The van der Waals surface area contributed by atoms with Crippen LogP contribution in [0.15, 0.2) is 75.6 Å². The molecule has 2 heterocycles. The molecule has 7 nitrogen and oxygen atoms in total. The van der Waals surface area contributed by atoms with Gasteiger partial charge in [-0.15, -0.1) is 0 Å². The number of carbonyl (C=O) groups is 3. The number of carbonyl (C=O) groups excluding carboxylic acids is 2. The van der Waals surface area contributed by atoms with Crippen molar-refractivity contribution in [2.45, 2.75) is 12.8 Å². The van der Waals surface area contributed by atoms with Gasteiger partial charge in [-0.2, -0.15) is 0 Å². The summed E-state index contributed by atoms with van der Waals surface area (Å²) in [4.78, 5) is 41.9. The Morgan fingerprint density at radius 2 is 1.70 bits per heavy atom. The second kappa shape index (κ2) is 7.70. The standard InChI is InChI=1S/C26H19NO6/c1-13-20(26(31)32-2)21(22-23(27-13)16-5-3-4-6-17(16)24(22)28)19-12-11-18(33-19)14-7-9-15(10-8-14)25(29)30/h3-12,20-21H,1-2H3,(H,29,30)/t20?,21-/m0/s1. The summed E-state index contributed by atoms with van der Waals surface area (Å²) < 4.78 is 11.2. The molecule has 0 fully saturated rings. The smallest absolute Gasteiger partial charge is 0.335 e. The Morgan fingerprint density at radius 3 is 2.36 bits per heavy atom. The third-order valence-electron chi connectivity index (χ3n) is 6.11. The maximum Gasteiger partial charge on any atom is 0.335 e. The van der Waals surface area contributed by atoms with Crippen LogP contribution in [0.4, 0.5) is 0 Å². The van der Waals surface area contributed by atoms with Crippen molar-refractivity contribution in [1.82, 2.24) is 0 Å². The maximum absolute atomic E-state index is 13.4. The van der Waals surface area contributed by atoms with Gasteiger partial charge in [-0.25, -0.2) is 4.79 Å². The highest BCUT2D eigenvalue weighted by Gasteiger charge is 2.47. The maximum atomic E-state index is 13.4. The quantitative estimate of drug-likeness (QED) is 0.593. The Kier molecular flexibility index (Phi) is 4.82. The number of hydrogen-bond acceptors (Lipinski definition) is 6. The van der Waals surface area contributed by atoms with Crippen LogP contribution in [0.25, 0.3) is 17.0 Å². The number of aromatic carboxylic acids is 1. The molecule has 2 aromatic carbocycles. The molecule has 164 valence electrons. The van der Waals surface area contributed by atoms with Gasteiger partial charge < -0.3 is 14.3 Å². The molecule has 7 heteroatoms. The lowest BCUT2D eigenvalue weighted by Gasteiger charge is -2.28. The van der Waals surface area contributed by atoms with Crippen LogP contribution in [-0.4, -0.2) is 35.6 Å². The first-order valence-corrected chi connectivity index (χ1v) is 10.4. The van der Waals surface area contributed by atoms with Crippen molar-refractivity contribution in [3.63, 3.8) is 0 Å². The Morgan fingerprint density at radius 1 is 1.00 bits per heavy atom. The number of ketones is 1. The fourth-order valence-corrected chi connectivity index (χ4v) is 4.54. The summed E-state index contributed by atoms with van der Waals surface area (Å²) in [6.45, 7) is 1.75. The minimum absolute atomic E-state index is 0.166. The lowest BCUT2D eigenvalue weighted by Crippen LogP contribution is -2.34. The lowest BCUT2D eigenvalue weighted by atomic mass is 9.78. The number of ether oxygens (including phenoxy) is 1. The van der Waals surface area contributed by atoms with Crippen LogP contribution < -0.4 is 0 Å². The molecule has 1 aliphatic carbocycles. The molecule has 33 heavy (non-hydrogen) atoms. The number of rotatable bonds is 4. The largest absolute Gasteiger partial charge is 0.478 e. The normalized spacial score (nSPS) is 19.1. The first kappa shape index (κ1) is 20.6. The van der Waals surface area contributed by atoms with Crippen LogP contribution in [0.1, 0.15) is 44.9 Å². The topological polar surface area (TPSA) is 106 Å². The van der Waals surface area contributed by atoms with Gasteiger partial charge in [0.25, 0.3) is 0 Å². The summed E-state index contributed by atoms with van der Waals surface area (Å²) in [6.07, 6.45) is 0. The third kappa shape index (κ3) is 3.20. The van der Waals surface area contributed by atoms with E-state index < -0.39 is 23.8 Å². The number of Topliss-reactive ketones (excluding diaryl/α,β-unsaturated/α-hetero) is 1.